The largest absolute Gasteiger partial charge is 0.416 e. The van der Waals surface area contributed by atoms with E-state index in [-0.39, 0.29) is 6.04 Å². The maximum atomic E-state index is 12.7. The lowest BCUT2D eigenvalue weighted by Crippen LogP contribution is -2.10. The van der Waals surface area contributed by atoms with E-state index in [9.17, 15) is 13.2 Å². The maximum Gasteiger partial charge on any atom is 0.416 e. The third-order valence-corrected chi connectivity index (χ3v) is 3.39. The van der Waals surface area contributed by atoms with Gasteiger partial charge in [0.1, 0.15) is 0 Å². The van der Waals surface area contributed by atoms with Crippen LogP contribution in [0.25, 0.3) is 0 Å². The Bertz CT molecular complexity index is 718. The zero-order chi connectivity index (χ0) is 15.6. The average molecular weight is 302 g/mol. The molecule has 2 aromatic rings. The van der Waals surface area contributed by atoms with Gasteiger partial charge in [0.2, 0.25) is 0 Å². The van der Waals surface area contributed by atoms with Crippen molar-refractivity contribution >= 4 is 12.1 Å². The van der Waals surface area contributed by atoms with Crippen LogP contribution in [-0.4, -0.2) is 18.1 Å². The molecule has 0 amide bonds. The van der Waals surface area contributed by atoms with E-state index in [2.05, 4.69) is 9.98 Å². The summed E-state index contributed by atoms with van der Waals surface area (Å²) in [6.07, 6.45) is -2.23. The quantitative estimate of drug-likeness (QED) is 0.814. The molecule has 1 atom stereocenters. The van der Waals surface area contributed by atoms with Gasteiger partial charge < -0.3 is 0 Å². The van der Waals surface area contributed by atoms with E-state index in [0.717, 1.165) is 11.6 Å². The summed E-state index contributed by atoms with van der Waals surface area (Å²) < 4.78 is 38.1. The van der Waals surface area contributed by atoms with Crippen LogP contribution in [0.2, 0.25) is 0 Å². The van der Waals surface area contributed by atoms with Gasteiger partial charge in [-0.2, -0.15) is 13.2 Å². The highest BCUT2D eigenvalue weighted by Crippen LogP contribution is 2.29. The Labute approximate surface area is 126 Å². The van der Waals surface area contributed by atoms with E-state index in [0.29, 0.717) is 17.8 Å². The Kier molecular flexibility index (Phi) is 3.79. The first kappa shape index (κ1) is 14.5. The van der Waals surface area contributed by atoms with E-state index in [1.807, 2.05) is 30.3 Å². The summed E-state index contributed by atoms with van der Waals surface area (Å²) in [5.41, 5.74) is 0.877. The second-order valence-electron chi connectivity index (χ2n) is 5.07. The van der Waals surface area contributed by atoms with E-state index < -0.39 is 11.7 Å². The fourth-order valence-electron chi connectivity index (χ4n) is 2.33. The molecular formula is C17H13F3N2. The van der Waals surface area contributed by atoms with E-state index in [4.69, 9.17) is 0 Å². The summed E-state index contributed by atoms with van der Waals surface area (Å²) in [4.78, 5) is 8.72. The van der Waals surface area contributed by atoms with Crippen LogP contribution in [0.15, 0.2) is 64.6 Å². The van der Waals surface area contributed by atoms with Crippen molar-refractivity contribution in [2.45, 2.75) is 18.6 Å². The van der Waals surface area contributed by atoms with Gasteiger partial charge in [-0.25, -0.2) is 4.99 Å². The summed E-state index contributed by atoms with van der Waals surface area (Å²) in [5.74, 6) is 0.623. The Balaban J connectivity index is 1.76. The van der Waals surface area contributed by atoms with Crippen molar-refractivity contribution in [3.05, 3.63) is 71.3 Å². The summed E-state index contributed by atoms with van der Waals surface area (Å²) >= 11 is 0. The number of aliphatic imine (C=N–C) groups is 2. The zero-order valence-corrected chi connectivity index (χ0v) is 11.6. The number of alkyl halides is 3. The Morgan fingerprint density at radius 2 is 1.73 bits per heavy atom. The molecule has 0 aromatic heterocycles. The molecule has 1 aliphatic heterocycles. The molecule has 1 heterocycles. The highest BCUT2D eigenvalue weighted by Gasteiger charge is 2.30. The molecule has 22 heavy (non-hydrogen) atoms. The molecule has 0 spiro atoms. The Morgan fingerprint density at radius 3 is 2.45 bits per heavy atom. The molecule has 0 radical (unpaired) electrons. The van der Waals surface area contributed by atoms with Crippen LogP contribution in [0, 0.1) is 0 Å². The monoisotopic (exact) mass is 302 g/mol. The minimum atomic E-state index is -4.32. The molecule has 0 saturated heterocycles. The van der Waals surface area contributed by atoms with Gasteiger partial charge >= 0.3 is 6.18 Å². The van der Waals surface area contributed by atoms with Crippen molar-refractivity contribution in [2.75, 3.05) is 0 Å². The molecule has 0 N–H and O–H groups in total. The van der Waals surface area contributed by atoms with Gasteiger partial charge in [-0.05, 0) is 18.1 Å². The minimum Gasteiger partial charge on any atom is -0.257 e. The summed E-state index contributed by atoms with van der Waals surface area (Å²) in [7, 11) is 0. The van der Waals surface area contributed by atoms with Crippen LogP contribution in [0.3, 0.4) is 0 Å². The summed E-state index contributed by atoms with van der Waals surface area (Å²) in [6.45, 7) is 0. The molecule has 1 aliphatic rings. The van der Waals surface area contributed by atoms with Crippen molar-refractivity contribution < 1.29 is 13.2 Å². The molecule has 2 nitrogen and oxygen atoms in total. The molecule has 0 bridgehead atoms. The van der Waals surface area contributed by atoms with Crippen LogP contribution in [0.4, 0.5) is 13.2 Å². The van der Waals surface area contributed by atoms with Crippen molar-refractivity contribution in [3.8, 4) is 0 Å². The smallest absolute Gasteiger partial charge is 0.257 e. The predicted octanol–water partition coefficient (Wildman–Crippen LogP) is 4.15. The van der Waals surface area contributed by atoms with Crippen molar-refractivity contribution in [3.63, 3.8) is 0 Å². The van der Waals surface area contributed by atoms with Gasteiger partial charge in [0.15, 0.2) is 5.84 Å². The molecule has 2 aromatic carbocycles. The third-order valence-electron chi connectivity index (χ3n) is 3.39. The minimum absolute atomic E-state index is 0.223. The van der Waals surface area contributed by atoms with Crippen LogP contribution < -0.4 is 0 Å². The number of halogens is 3. The Hall–Kier alpha value is -2.43. The van der Waals surface area contributed by atoms with Crippen LogP contribution in [0.1, 0.15) is 16.7 Å². The first-order chi connectivity index (χ1) is 10.5. The van der Waals surface area contributed by atoms with Crippen molar-refractivity contribution in [2.24, 2.45) is 9.98 Å². The molecule has 5 heteroatoms. The summed E-state index contributed by atoms with van der Waals surface area (Å²) in [6, 6.07) is 14.6. The number of benzene rings is 2. The lowest BCUT2D eigenvalue weighted by Gasteiger charge is -2.09. The number of rotatable bonds is 3. The second-order valence-corrected chi connectivity index (χ2v) is 5.07. The molecule has 0 saturated carbocycles. The van der Waals surface area contributed by atoms with Gasteiger partial charge in [0, 0.05) is 11.8 Å². The third kappa shape index (κ3) is 3.24. The van der Waals surface area contributed by atoms with E-state index in [1.54, 1.807) is 12.3 Å². The van der Waals surface area contributed by atoms with Gasteiger partial charge in [-0.1, -0.05) is 48.5 Å². The lowest BCUT2D eigenvalue weighted by molar-refractivity contribution is -0.137. The van der Waals surface area contributed by atoms with Gasteiger partial charge in [-0.15, -0.1) is 0 Å². The SMILES string of the molecule is FC(F)(F)c1cccc(CC2C=NC(c3ccccc3)=N2)c1. The van der Waals surface area contributed by atoms with Crippen molar-refractivity contribution in [1.29, 1.82) is 0 Å². The fourth-order valence-corrected chi connectivity index (χ4v) is 2.33. The van der Waals surface area contributed by atoms with Gasteiger partial charge in [-0.3, -0.25) is 4.99 Å². The molecule has 3 rings (SSSR count). The zero-order valence-electron chi connectivity index (χ0n) is 11.6. The number of hydrogen-bond acceptors (Lipinski definition) is 2. The molecular weight excluding hydrogens is 289 g/mol. The normalized spacial score (nSPS) is 17.6. The second kappa shape index (κ2) is 5.75. The predicted molar refractivity (Wildman–Crippen MR) is 80.4 cm³/mol. The van der Waals surface area contributed by atoms with Gasteiger partial charge in [0.05, 0.1) is 11.6 Å². The average Bonchev–Trinajstić information content (AvgIpc) is 2.96. The van der Waals surface area contributed by atoms with Crippen LogP contribution in [0.5, 0.6) is 0 Å². The highest BCUT2D eigenvalue weighted by atomic mass is 19.4. The standard InChI is InChI=1S/C17H13F3N2/c18-17(19,20)14-8-4-5-12(9-14)10-15-11-21-16(22-15)13-6-2-1-3-7-13/h1-9,11,15H,10H2. The number of amidine groups is 1. The number of nitrogens with zero attached hydrogens (tertiary/aromatic N) is 2. The first-order valence-electron chi connectivity index (χ1n) is 6.86. The van der Waals surface area contributed by atoms with E-state index >= 15 is 0 Å². The first-order valence-corrected chi connectivity index (χ1v) is 6.86. The topological polar surface area (TPSA) is 24.7 Å². The fraction of sp³-hybridized carbons (Fsp3) is 0.176. The molecule has 0 fully saturated rings. The van der Waals surface area contributed by atoms with Crippen LogP contribution in [-0.2, 0) is 12.6 Å². The molecule has 1 unspecified atom stereocenters. The summed E-state index contributed by atoms with van der Waals surface area (Å²) in [5, 5.41) is 0. The highest BCUT2D eigenvalue weighted by molar-refractivity contribution is 6.07. The van der Waals surface area contributed by atoms with Crippen molar-refractivity contribution in [1.82, 2.24) is 0 Å². The molecule has 0 aliphatic carbocycles. The lowest BCUT2D eigenvalue weighted by atomic mass is 10.0. The maximum absolute atomic E-state index is 12.7. The molecule has 112 valence electrons. The number of hydrogen-bond donors (Lipinski definition) is 0. The Morgan fingerprint density at radius 1 is 0.955 bits per heavy atom. The van der Waals surface area contributed by atoms with E-state index in [1.165, 1.54) is 12.1 Å². The van der Waals surface area contributed by atoms with Crippen LogP contribution >= 0.6 is 0 Å². The van der Waals surface area contributed by atoms with Gasteiger partial charge in [0.25, 0.3) is 0 Å².